The van der Waals surface area contributed by atoms with Crippen molar-refractivity contribution in [2.75, 3.05) is 6.54 Å². The lowest BCUT2D eigenvalue weighted by atomic mass is 10.1. The Kier molecular flexibility index (Phi) is 1.75. The molecule has 2 nitrogen and oxygen atoms in total. The highest BCUT2D eigenvalue weighted by molar-refractivity contribution is 9.11. The van der Waals surface area contributed by atoms with E-state index in [4.69, 9.17) is 0 Å². The number of hydrogen-bond donors (Lipinski definition) is 0. The minimum Gasteiger partial charge on any atom is -0.335 e. The number of rotatable bonds is 0. The molecule has 0 aromatic heterocycles. The maximum atomic E-state index is 11.2. The highest BCUT2D eigenvalue weighted by Crippen LogP contribution is 2.31. The molecule has 0 bridgehead atoms. The third-order valence-corrected chi connectivity index (χ3v) is 3.21. The average Bonchev–Trinajstić information content (AvgIpc) is 2.35. The number of fused-ring (bicyclic) bond motifs is 1. The summed E-state index contributed by atoms with van der Waals surface area (Å²) in [5, 5.41) is 0. The van der Waals surface area contributed by atoms with Crippen molar-refractivity contribution >= 4 is 21.8 Å². The second kappa shape index (κ2) is 2.63. The Bertz CT molecular complexity index is 224. The highest BCUT2D eigenvalue weighted by atomic mass is 79.9. The van der Waals surface area contributed by atoms with Crippen molar-refractivity contribution in [3.63, 3.8) is 0 Å². The fraction of sp³-hybridized carbons (Fsp3) is 0.625. The van der Waals surface area contributed by atoms with Crippen LogP contribution in [0.25, 0.3) is 0 Å². The summed E-state index contributed by atoms with van der Waals surface area (Å²) in [6.07, 6.45) is 4.91. The molecule has 0 aromatic rings. The van der Waals surface area contributed by atoms with Crippen LogP contribution in [0.5, 0.6) is 0 Å². The molecule has 1 fully saturated rings. The minimum absolute atomic E-state index is 0.319. The first-order valence-corrected chi connectivity index (χ1v) is 4.73. The van der Waals surface area contributed by atoms with E-state index in [-0.39, 0.29) is 0 Å². The molecule has 1 saturated heterocycles. The zero-order valence-electron chi connectivity index (χ0n) is 6.22. The van der Waals surface area contributed by atoms with Gasteiger partial charge in [0.25, 0.3) is 0 Å². The third kappa shape index (κ3) is 1.11. The van der Waals surface area contributed by atoms with Crippen LogP contribution in [0.4, 0.5) is 0 Å². The number of amides is 1. The van der Waals surface area contributed by atoms with Gasteiger partial charge >= 0.3 is 0 Å². The van der Waals surface area contributed by atoms with Crippen molar-refractivity contribution in [3.05, 3.63) is 10.6 Å². The summed E-state index contributed by atoms with van der Waals surface area (Å²) < 4.78 is 1.20. The van der Waals surface area contributed by atoms with Gasteiger partial charge in [-0.1, -0.05) is 22.0 Å². The molecular weight excluding hydrogens is 206 g/mol. The minimum atomic E-state index is 0.319. The van der Waals surface area contributed by atoms with Crippen LogP contribution < -0.4 is 0 Å². The molecule has 11 heavy (non-hydrogen) atoms. The van der Waals surface area contributed by atoms with Crippen LogP contribution in [0.15, 0.2) is 10.6 Å². The van der Waals surface area contributed by atoms with E-state index in [1.807, 2.05) is 4.90 Å². The van der Waals surface area contributed by atoms with Gasteiger partial charge in [-0.2, -0.15) is 0 Å². The number of hydrogen-bond acceptors (Lipinski definition) is 1. The van der Waals surface area contributed by atoms with Crippen LogP contribution in [0, 0.1) is 0 Å². The molecule has 1 unspecified atom stereocenters. The van der Waals surface area contributed by atoms with Gasteiger partial charge in [-0.3, -0.25) is 4.79 Å². The lowest BCUT2D eigenvalue weighted by Crippen LogP contribution is -2.36. The van der Waals surface area contributed by atoms with Crippen LogP contribution in [0.1, 0.15) is 19.3 Å². The summed E-state index contributed by atoms with van der Waals surface area (Å²) >= 11 is 3.49. The quantitative estimate of drug-likeness (QED) is 0.603. The van der Waals surface area contributed by atoms with Crippen molar-refractivity contribution in [1.82, 2.24) is 4.90 Å². The van der Waals surface area contributed by atoms with Crippen molar-refractivity contribution in [3.8, 4) is 0 Å². The molecule has 0 radical (unpaired) electrons. The molecule has 3 heteroatoms. The Morgan fingerprint density at radius 3 is 3.18 bits per heavy atom. The zero-order valence-corrected chi connectivity index (χ0v) is 7.80. The molecule has 1 amide bonds. The molecule has 0 spiro atoms. The maximum absolute atomic E-state index is 11.2. The number of carbonyl (C=O) groups is 1. The van der Waals surface area contributed by atoms with E-state index >= 15 is 0 Å². The maximum Gasteiger partial charge on any atom is 0.223 e. The SMILES string of the molecule is O=C1CCC2C(Br)=CCCN12. The first-order valence-electron chi connectivity index (χ1n) is 3.94. The molecule has 60 valence electrons. The summed E-state index contributed by atoms with van der Waals surface area (Å²) in [4.78, 5) is 13.2. The molecule has 0 N–H and O–H groups in total. The van der Waals surface area contributed by atoms with Crippen molar-refractivity contribution < 1.29 is 4.79 Å². The summed E-state index contributed by atoms with van der Waals surface area (Å²) in [5.74, 6) is 0.319. The normalized spacial score (nSPS) is 30.3. The molecule has 1 atom stereocenters. The van der Waals surface area contributed by atoms with E-state index in [1.165, 1.54) is 4.48 Å². The van der Waals surface area contributed by atoms with Gasteiger partial charge in [0.1, 0.15) is 0 Å². The largest absolute Gasteiger partial charge is 0.335 e. The monoisotopic (exact) mass is 215 g/mol. The summed E-state index contributed by atoms with van der Waals surface area (Å²) in [6.45, 7) is 0.915. The van der Waals surface area contributed by atoms with E-state index in [2.05, 4.69) is 22.0 Å². The van der Waals surface area contributed by atoms with Gasteiger partial charge in [0.05, 0.1) is 6.04 Å². The van der Waals surface area contributed by atoms with Gasteiger partial charge in [-0.25, -0.2) is 0 Å². The fourth-order valence-corrected chi connectivity index (χ4v) is 2.48. The van der Waals surface area contributed by atoms with Crippen LogP contribution in [-0.2, 0) is 4.79 Å². The van der Waals surface area contributed by atoms with Crippen LogP contribution >= 0.6 is 15.9 Å². The predicted molar refractivity (Wildman–Crippen MR) is 46.4 cm³/mol. The van der Waals surface area contributed by atoms with E-state index < -0.39 is 0 Å². The van der Waals surface area contributed by atoms with Gasteiger partial charge < -0.3 is 4.90 Å². The molecule has 0 aromatic carbocycles. The predicted octanol–water partition coefficient (Wildman–Crippen LogP) is 1.66. The second-order valence-corrected chi connectivity index (χ2v) is 3.93. The standard InChI is InChI=1S/C8H10BrNO/c9-6-2-1-5-10-7(6)3-4-8(10)11/h2,7H,1,3-5H2. The van der Waals surface area contributed by atoms with Crippen LogP contribution in [-0.4, -0.2) is 23.4 Å². The van der Waals surface area contributed by atoms with Crippen molar-refractivity contribution in [2.45, 2.75) is 25.3 Å². The smallest absolute Gasteiger partial charge is 0.223 e. The van der Waals surface area contributed by atoms with Crippen molar-refractivity contribution in [1.29, 1.82) is 0 Å². The van der Waals surface area contributed by atoms with Gasteiger partial charge in [0.2, 0.25) is 5.91 Å². The van der Waals surface area contributed by atoms with Gasteiger partial charge in [-0.15, -0.1) is 0 Å². The van der Waals surface area contributed by atoms with E-state index in [9.17, 15) is 4.79 Å². The summed E-state index contributed by atoms with van der Waals surface area (Å²) in [6, 6.07) is 0.372. The Morgan fingerprint density at radius 2 is 2.45 bits per heavy atom. The van der Waals surface area contributed by atoms with Gasteiger partial charge in [0, 0.05) is 17.4 Å². The second-order valence-electron chi connectivity index (χ2n) is 3.02. The van der Waals surface area contributed by atoms with Crippen LogP contribution in [0.3, 0.4) is 0 Å². The first-order chi connectivity index (χ1) is 5.29. The molecule has 0 aliphatic carbocycles. The Morgan fingerprint density at radius 1 is 1.64 bits per heavy atom. The number of nitrogens with zero attached hydrogens (tertiary/aromatic N) is 1. The van der Waals surface area contributed by atoms with E-state index in [1.54, 1.807) is 0 Å². The average molecular weight is 216 g/mol. The summed E-state index contributed by atoms with van der Waals surface area (Å²) in [7, 11) is 0. The van der Waals surface area contributed by atoms with Gasteiger partial charge in [0.15, 0.2) is 0 Å². The van der Waals surface area contributed by atoms with E-state index in [0.717, 1.165) is 25.8 Å². The molecule has 0 saturated carbocycles. The molecule has 2 aliphatic rings. The number of halogens is 1. The molecular formula is C8H10BrNO. The molecule has 2 rings (SSSR count). The highest BCUT2D eigenvalue weighted by Gasteiger charge is 2.33. The van der Waals surface area contributed by atoms with Crippen molar-refractivity contribution in [2.24, 2.45) is 0 Å². The summed E-state index contributed by atoms with van der Waals surface area (Å²) in [5.41, 5.74) is 0. The Hall–Kier alpha value is -0.310. The van der Waals surface area contributed by atoms with E-state index in [0.29, 0.717) is 11.9 Å². The third-order valence-electron chi connectivity index (χ3n) is 2.36. The zero-order chi connectivity index (χ0) is 7.84. The Labute approximate surface area is 74.4 Å². The lowest BCUT2D eigenvalue weighted by molar-refractivity contribution is -0.128. The van der Waals surface area contributed by atoms with Crippen LogP contribution in [0.2, 0.25) is 0 Å². The first kappa shape index (κ1) is 7.35. The topological polar surface area (TPSA) is 20.3 Å². The van der Waals surface area contributed by atoms with Gasteiger partial charge in [-0.05, 0) is 12.8 Å². The molecule has 2 heterocycles. The lowest BCUT2D eigenvalue weighted by Gasteiger charge is -2.27. The molecule has 2 aliphatic heterocycles. The fourth-order valence-electron chi connectivity index (χ4n) is 1.78. The Balaban J connectivity index is 2.24. The number of carbonyl (C=O) groups excluding carboxylic acids is 1.